The van der Waals surface area contributed by atoms with E-state index in [1.54, 1.807) is 13.0 Å². The summed E-state index contributed by atoms with van der Waals surface area (Å²) in [5.41, 5.74) is 0.609. The van der Waals surface area contributed by atoms with Gasteiger partial charge in [-0.2, -0.15) is 0 Å². The van der Waals surface area contributed by atoms with Crippen LogP contribution in [0.25, 0.3) is 0 Å². The average molecular weight is 274 g/mol. The molecule has 6 heteroatoms. The van der Waals surface area contributed by atoms with Crippen LogP contribution in [-0.4, -0.2) is 19.3 Å². The molecule has 2 rings (SSSR count). The van der Waals surface area contributed by atoms with E-state index in [1.165, 1.54) is 6.07 Å². The van der Waals surface area contributed by atoms with Gasteiger partial charge in [-0.1, -0.05) is 11.6 Å². The second kappa shape index (κ2) is 5.44. The van der Waals surface area contributed by atoms with Crippen LogP contribution >= 0.6 is 11.6 Å². The second-order valence-corrected chi connectivity index (χ2v) is 4.28. The fourth-order valence-electron chi connectivity index (χ4n) is 1.84. The van der Waals surface area contributed by atoms with Crippen molar-refractivity contribution in [3.8, 4) is 5.75 Å². The number of hydrogen-bond acceptors (Lipinski definition) is 3. The van der Waals surface area contributed by atoms with E-state index >= 15 is 0 Å². The third kappa shape index (κ3) is 2.67. The summed E-state index contributed by atoms with van der Waals surface area (Å²) < 4.78 is 23.7. The molecule has 1 amide bonds. The molecule has 1 aliphatic heterocycles. The number of halogens is 2. The molecule has 0 aliphatic carbocycles. The van der Waals surface area contributed by atoms with E-state index in [-0.39, 0.29) is 16.8 Å². The molecule has 1 aromatic carbocycles. The Morgan fingerprint density at radius 2 is 2.39 bits per heavy atom. The lowest BCUT2D eigenvalue weighted by Gasteiger charge is -2.24. The lowest BCUT2D eigenvalue weighted by atomic mass is 10.0. The van der Waals surface area contributed by atoms with Crippen LogP contribution in [0, 0.1) is 5.82 Å². The van der Waals surface area contributed by atoms with Crippen molar-refractivity contribution in [2.45, 2.75) is 19.4 Å². The number of cyclic esters (lactones) is 1. The predicted octanol–water partition coefficient (Wildman–Crippen LogP) is 3.05. The summed E-state index contributed by atoms with van der Waals surface area (Å²) in [5.74, 6) is -0.485. The van der Waals surface area contributed by atoms with Gasteiger partial charge in [0.2, 0.25) is 0 Å². The standard InChI is InChI=1S/C12H13ClFNO3/c1-2-17-11-8(13)5-7(6-9(11)14)10-3-4-18-12(16)15-10/h5-6,10H,2-4H2,1H3,(H,15,16)/t10-/m1/s1. The number of alkyl carbamates (subject to hydrolysis) is 1. The van der Waals surface area contributed by atoms with Crippen molar-refractivity contribution < 1.29 is 18.7 Å². The first-order chi connectivity index (χ1) is 8.61. The van der Waals surface area contributed by atoms with Gasteiger partial charge < -0.3 is 14.8 Å². The first kappa shape index (κ1) is 13.0. The molecular weight excluding hydrogens is 261 g/mol. The summed E-state index contributed by atoms with van der Waals surface area (Å²) >= 11 is 5.96. The number of rotatable bonds is 3. The summed E-state index contributed by atoms with van der Waals surface area (Å²) in [5, 5.41) is 2.81. The topological polar surface area (TPSA) is 47.6 Å². The van der Waals surface area contributed by atoms with Gasteiger partial charge in [0.25, 0.3) is 0 Å². The molecule has 1 aromatic rings. The first-order valence-electron chi connectivity index (χ1n) is 5.67. The van der Waals surface area contributed by atoms with E-state index in [4.69, 9.17) is 21.1 Å². The first-order valence-corrected chi connectivity index (χ1v) is 6.04. The van der Waals surface area contributed by atoms with Crippen LogP contribution in [0.15, 0.2) is 12.1 Å². The molecule has 1 saturated heterocycles. The van der Waals surface area contributed by atoms with Crippen molar-refractivity contribution in [2.75, 3.05) is 13.2 Å². The fraction of sp³-hybridized carbons (Fsp3) is 0.417. The molecular formula is C12H13ClFNO3. The van der Waals surface area contributed by atoms with Crippen LogP contribution in [0.2, 0.25) is 5.02 Å². The van der Waals surface area contributed by atoms with Crippen LogP contribution in [0.3, 0.4) is 0 Å². The largest absolute Gasteiger partial charge is 0.489 e. The minimum Gasteiger partial charge on any atom is -0.489 e. The molecule has 1 N–H and O–H groups in total. The molecule has 0 aromatic heterocycles. The van der Waals surface area contributed by atoms with E-state index < -0.39 is 11.9 Å². The molecule has 98 valence electrons. The van der Waals surface area contributed by atoms with Gasteiger partial charge in [-0.15, -0.1) is 0 Å². The van der Waals surface area contributed by atoms with Crippen LogP contribution in [0.5, 0.6) is 5.75 Å². The zero-order valence-corrected chi connectivity index (χ0v) is 10.6. The van der Waals surface area contributed by atoms with Crippen molar-refractivity contribution in [1.29, 1.82) is 0 Å². The molecule has 1 aliphatic rings. The number of nitrogens with one attached hydrogen (secondary N) is 1. The highest BCUT2D eigenvalue weighted by molar-refractivity contribution is 6.32. The van der Waals surface area contributed by atoms with Gasteiger partial charge in [-0.25, -0.2) is 9.18 Å². The van der Waals surface area contributed by atoms with Crippen molar-refractivity contribution in [2.24, 2.45) is 0 Å². The van der Waals surface area contributed by atoms with Gasteiger partial charge in [-0.05, 0) is 24.6 Å². The van der Waals surface area contributed by atoms with E-state index in [0.717, 1.165) is 0 Å². The Morgan fingerprint density at radius 1 is 1.61 bits per heavy atom. The number of carbonyl (C=O) groups excluding carboxylic acids is 1. The van der Waals surface area contributed by atoms with E-state index in [1.807, 2.05) is 0 Å². The highest BCUT2D eigenvalue weighted by Gasteiger charge is 2.23. The molecule has 4 nitrogen and oxygen atoms in total. The summed E-state index contributed by atoms with van der Waals surface area (Å²) in [6.07, 6.45) is 0.0758. The molecule has 18 heavy (non-hydrogen) atoms. The molecule has 0 bridgehead atoms. The van der Waals surface area contributed by atoms with Crippen LogP contribution in [0.1, 0.15) is 24.9 Å². The lowest BCUT2D eigenvalue weighted by molar-refractivity contribution is 0.115. The molecule has 0 saturated carbocycles. The minimum absolute atomic E-state index is 0.0429. The third-order valence-electron chi connectivity index (χ3n) is 2.64. The Balaban J connectivity index is 2.26. The molecule has 0 radical (unpaired) electrons. The van der Waals surface area contributed by atoms with Gasteiger partial charge >= 0.3 is 6.09 Å². The second-order valence-electron chi connectivity index (χ2n) is 3.87. The predicted molar refractivity (Wildman–Crippen MR) is 64.4 cm³/mol. The highest BCUT2D eigenvalue weighted by atomic mass is 35.5. The van der Waals surface area contributed by atoms with E-state index in [0.29, 0.717) is 25.2 Å². The number of ether oxygens (including phenoxy) is 2. The van der Waals surface area contributed by atoms with E-state index in [9.17, 15) is 9.18 Å². The Kier molecular flexibility index (Phi) is 3.91. The Bertz CT molecular complexity index is 444. The molecule has 0 unspecified atom stereocenters. The third-order valence-corrected chi connectivity index (χ3v) is 2.92. The smallest absolute Gasteiger partial charge is 0.407 e. The average Bonchev–Trinajstić information content (AvgIpc) is 2.33. The molecule has 0 spiro atoms. The molecule has 1 heterocycles. The van der Waals surface area contributed by atoms with Crippen LogP contribution in [0.4, 0.5) is 9.18 Å². The summed E-state index contributed by atoms with van der Waals surface area (Å²) in [4.78, 5) is 11.1. The zero-order chi connectivity index (χ0) is 13.1. The Hall–Kier alpha value is -1.49. The van der Waals surface area contributed by atoms with Crippen molar-refractivity contribution in [3.63, 3.8) is 0 Å². The fourth-order valence-corrected chi connectivity index (χ4v) is 2.11. The lowest BCUT2D eigenvalue weighted by Crippen LogP contribution is -2.35. The quantitative estimate of drug-likeness (QED) is 0.921. The van der Waals surface area contributed by atoms with Gasteiger partial charge in [0.1, 0.15) is 0 Å². The number of amides is 1. The van der Waals surface area contributed by atoms with E-state index in [2.05, 4.69) is 5.32 Å². The Morgan fingerprint density at radius 3 is 3.00 bits per heavy atom. The monoisotopic (exact) mass is 273 g/mol. The van der Waals surface area contributed by atoms with Crippen molar-refractivity contribution in [1.82, 2.24) is 5.32 Å². The molecule has 1 atom stereocenters. The van der Waals surface area contributed by atoms with Gasteiger partial charge in [0, 0.05) is 6.42 Å². The van der Waals surface area contributed by atoms with Gasteiger partial charge in [0.05, 0.1) is 24.3 Å². The minimum atomic E-state index is -0.528. The number of carbonyl (C=O) groups is 1. The maximum Gasteiger partial charge on any atom is 0.407 e. The van der Waals surface area contributed by atoms with Crippen LogP contribution < -0.4 is 10.1 Å². The van der Waals surface area contributed by atoms with Crippen LogP contribution in [-0.2, 0) is 4.74 Å². The number of benzene rings is 1. The Labute approximate surface area is 109 Å². The SMILES string of the molecule is CCOc1c(F)cc([C@H]2CCOC(=O)N2)cc1Cl. The van der Waals surface area contributed by atoms with Crippen molar-refractivity contribution >= 4 is 17.7 Å². The van der Waals surface area contributed by atoms with Gasteiger partial charge in [0.15, 0.2) is 11.6 Å². The number of hydrogen-bond donors (Lipinski definition) is 1. The maximum absolute atomic E-state index is 13.8. The normalized spacial score (nSPS) is 19.1. The van der Waals surface area contributed by atoms with Gasteiger partial charge in [-0.3, -0.25) is 0 Å². The van der Waals surface area contributed by atoms with Crippen molar-refractivity contribution in [3.05, 3.63) is 28.5 Å². The maximum atomic E-state index is 13.8. The highest BCUT2D eigenvalue weighted by Crippen LogP contribution is 2.32. The summed E-state index contributed by atoms with van der Waals surface area (Å²) in [6, 6.07) is 2.65. The molecule has 1 fully saturated rings. The summed E-state index contributed by atoms with van der Waals surface area (Å²) in [6.45, 7) is 2.40. The zero-order valence-electron chi connectivity index (χ0n) is 9.83. The summed E-state index contributed by atoms with van der Waals surface area (Å²) in [7, 11) is 0.